The van der Waals surface area contributed by atoms with E-state index in [0.29, 0.717) is 10.9 Å². The van der Waals surface area contributed by atoms with E-state index in [2.05, 4.69) is 38.1 Å². The fourth-order valence-corrected chi connectivity index (χ4v) is 4.04. The molecule has 2 aromatic rings. The van der Waals surface area contributed by atoms with Crippen LogP contribution in [0.25, 0.3) is 0 Å². The van der Waals surface area contributed by atoms with Gasteiger partial charge in [0.2, 0.25) is 0 Å². The van der Waals surface area contributed by atoms with Gasteiger partial charge in [0.1, 0.15) is 5.75 Å². The van der Waals surface area contributed by atoms with Gasteiger partial charge >= 0.3 is 0 Å². The molecule has 26 heavy (non-hydrogen) atoms. The third-order valence-electron chi connectivity index (χ3n) is 4.40. The number of hydrogen-bond acceptors (Lipinski definition) is 5. The largest absolute Gasteiger partial charge is 0.481 e. The molecule has 1 N–H and O–H groups in total. The lowest BCUT2D eigenvalue weighted by Gasteiger charge is -2.30. The maximum atomic E-state index is 12.3. The van der Waals surface area contributed by atoms with Crippen LogP contribution in [-0.4, -0.2) is 35.0 Å². The molecule has 2 atom stereocenters. The zero-order valence-corrected chi connectivity index (χ0v) is 17.5. The van der Waals surface area contributed by atoms with Gasteiger partial charge in [-0.05, 0) is 56.5 Å². The van der Waals surface area contributed by atoms with Crippen molar-refractivity contribution >= 4 is 38.3 Å². The molecule has 1 aromatic carbocycles. The van der Waals surface area contributed by atoms with E-state index in [1.54, 1.807) is 6.92 Å². The predicted molar refractivity (Wildman–Crippen MR) is 109 cm³/mol. The Morgan fingerprint density at radius 3 is 2.96 bits per heavy atom. The summed E-state index contributed by atoms with van der Waals surface area (Å²) in [6.07, 6.45) is 1.97. The van der Waals surface area contributed by atoms with Crippen molar-refractivity contribution in [3.8, 4) is 5.75 Å². The lowest BCUT2D eigenvalue weighted by molar-refractivity contribution is -0.122. The van der Waals surface area contributed by atoms with E-state index in [4.69, 9.17) is 4.74 Å². The van der Waals surface area contributed by atoms with Gasteiger partial charge in [-0.1, -0.05) is 22.9 Å². The SMILES string of the molecule is C[C@@H]1CCCN(Cc2csc(NC(=O)[C@@H](C)Oc3ccc(Br)cc3)n2)C1. The van der Waals surface area contributed by atoms with Crippen molar-refractivity contribution in [1.29, 1.82) is 0 Å². The molecule has 0 aliphatic carbocycles. The first-order valence-corrected chi connectivity index (χ1v) is 10.6. The number of benzene rings is 1. The van der Waals surface area contributed by atoms with Gasteiger partial charge < -0.3 is 4.74 Å². The third kappa shape index (κ3) is 5.53. The van der Waals surface area contributed by atoms with Crippen molar-refractivity contribution in [2.45, 2.75) is 39.3 Å². The van der Waals surface area contributed by atoms with Crippen molar-refractivity contribution in [2.75, 3.05) is 18.4 Å². The standard InChI is InChI=1S/C19H24BrN3O2S/c1-13-4-3-9-23(10-13)11-16-12-26-19(21-16)22-18(24)14(2)25-17-7-5-15(20)6-8-17/h5-8,12-14H,3-4,9-11H2,1-2H3,(H,21,22,24)/t13-,14-/m1/s1. The van der Waals surface area contributed by atoms with Crippen LogP contribution in [0, 0.1) is 5.92 Å². The molecule has 140 valence electrons. The number of anilines is 1. The molecule has 0 bridgehead atoms. The summed E-state index contributed by atoms with van der Waals surface area (Å²) in [7, 11) is 0. The minimum Gasteiger partial charge on any atom is -0.481 e. The molecule has 1 aliphatic rings. The first kappa shape index (κ1) is 19.3. The predicted octanol–water partition coefficient (Wildman–Crippen LogP) is 4.54. The number of carbonyl (C=O) groups excluding carboxylic acids is 1. The van der Waals surface area contributed by atoms with Gasteiger partial charge in [-0.2, -0.15) is 0 Å². The van der Waals surface area contributed by atoms with Crippen LogP contribution in [0.3, 0.4) is 0 Å². The maximum absolute atomic E-state index is 12.3. The lowest BCUT2D eigenvalue weighted by Crippen LogP contribution is -2.33. The maximum Gasteiger partial charge on any atom is 0.266 e. The van der Waals surface area contributed by atoms with Gasteiger partial charge in [-0.15, -0.1) is 11.3 Å². The number of ether oxygens (including phenoxy) is 1. The minimum absolute atomic E-state index is 0.194. The highest BCUT2D eigenvalue weighted by Gasteiger charge is 2.19. The van der Waals surface area contributed by atoms with Crippen LogP contribution >= 0.6 is 27.3 Å². The molecular formula is C19H24BrN3O2S. The van der Waals surface area contributed by atoms with Crippen molar-refractivity contribution < 1.29 is 9.53 Å². The van der Waals surface area contributed by atoms with Gasteiger partial charge in [0.15, 0.2) is 11.2 Å². The molecule has 5 nitrogen and oxygen atoms in total. The lowest BCUT2D eigenvalue weighted by atomic mass is 10.0. The average molecular weight is 438 g/mol. The molecule has 0 radical (unpaired) electrons. The quantitative estimate of drug-likeness (QED) is 0.720. The average Bonchev–Trinajstić information content (AvgIpc) is 3.03. The Morgan fingerprint density at radius 1 is 1.46 bits per heavy atom. The van der Waals surface area contributed by atoms with Crippen LogP contribution < -0.4 is 10.1 Å². The number of carbonyl (C=O) groups is 1. The fourth-order valence-electron chi connectivity index (χ4n) is 3.07. The summed E-state index contributed by atoms with van der Waals surface area (Å²) < 4.78 is 6.65. The summed E-state index contributed by atoms with van der Waals surface area (Å²) in [5.74, 6) is 1.22. The second-order valence-corrected chi connectivity index (χ2v) is 8.60. The number of thiazole rings is 1. The van der Waals surface area contributed by atoms with Crippen LogP contribution in [0.4, 0.5) is 5.13 Å². The Hall–Kier alpha value is -1.44. The van der Waals surface area contributed by atoms with Gasteiger partial charge in [-0.3, -0.25) is 15.0 Å². The summed E-state index contributed by atoms with van der Waals surface area (Å²) in [4.78, 5) is 19.3. The van der Waals surface area contributed by atoms with Gasteiger partial charge in [0, 0.05) is 22.9 Å². The van der Waals surface area contributed by atoms with Crippen LogP contribution in [0.5, 0.6) is 5.75 Å². The monoisotopic (exact) mass is 437 g/mol. The molecule has 0 saturated carbocycles. The normalized spacial score (nSPS) is 19.1. The number of aromatic nitrogens is 1. The van der Waals surface area contributed by atoms with Crippen LogP contribution in [-0.2, 0) is 11.3 Å². The van der Waals surface area contributed by atoms with E-state index in [9.17, 15) is 4.79 Å². The molecule has 3 rings (SSSR count). The van der Waals surface area contributed by atoms with E-state index in [1.165, 1.54) is 24.2 Å². The Balaban J connectivity index is 1.51. The van der Waals surface area contributed by atoms with Crippen molar-refractivity contribution in [3.63, 3.8) is 0 Å². The molecular weight excluding hydrogens is 414 g/mol. The number of rotatable bonds is 6. The Bertz CT molecular complexity index is 735. The van der Waals surface area contributed by atoms with E-state index >= 15 is 0 Å². The highest BCUT2D eigenvalue weighted by Crippen LogP contribution is 2.22. The molecule has 1 aromatic heterocycles. The van der Waals surface area contributed by atoms with Crippen LogP contribution in [0.15, 0.2) is 34.1 Å². The molecule has 1 aliphatic heterocycles. The number of piperidine rings is 1. The summed E-state index contributed by atoms with van der Waals surface area (Å²) in [5.41, 5.74) is 1.01. The van der Waals surface area contributed by atoms with Crippen molar-refractivity contribution in [2.24, 2.45) is 5.92 Å². The van der Waals surface area contributed by atoms with Crippen molar-refractivity contribution in [3.05, 3.63) is 39.8 Å². The van der Waals surface area contributed by atoms with E-state index in [1.807, 2.05) is 29.6 Å². The zero-order chi connectivity index (χ0) is 18.5. The second kappa shape index (κ2) is 8.97. The number of hydrogen-bond donors (Lipinski definition) is 1. The van der Waals surface area contributed by atoms with E-state index < -0.39 is 6.10 Å². The highest BCUT2D eigenvalue weighted by atomic mass is 79.9. The molecule has 1 saturated heterocycles. The molecule has 2 heterocycles. The third-order valence-corrected chi connectivity index (χ3v) is 5.74. The summed E-state index contributed by atoms with van der Waals surface area (Å²) in [6, 6.07) is 7.42. The molecule has 7 heteroatoms. The summed E-state index contributed by atoms with van der Waals surface area (Å²) in [6.45, 7) is 7.13. The van der Waals surface area contributed by atoms with Gasteiger partial charge in [-0.25, -0.2) is 4.98 Å². The number of likely N-dealkylation sites (tertiary alicyclic amines) is 1. The van der Waals surface area contributed by atoms with E-state index in [-0.39, 0.29) is 5.91 Å². The van der Waals surface area contributed by atoms with Crippen LogP contribution in [0.2, 0.25) is 0 Å². The Morgan fingerprint density at radius 2 is 2.23 bits per heavy atom. The molecule has 1 amide bonds. The Labute approximate surface area is 166 Å². The number of halogens is 1. The zero-order valence-electron chi connectivity index (χ0n) is 15.1. The summed E-state index contributed by atoms with van der Waals surface area (Å²) in [5, 5.41) is 5.50. The first-order chi connectivity index (χ1) is 12.5. The smallest absolute Gasteiger partial charge is 0.266 e. The molecule has 0 spiro atoms. The fraction of sp³-hybridized carbons (Fsp3) is 0.474. The number of nitrogens with zero attached hydrogens (tertiary/aromatic N) is 2. The minimum atomic E-state index is -0.591. The van der Waals surface area contributed by atoms with Gasteiger partial charge in [0.05, 0.1) is 5.69 Å². The van der Waals surface area contributed by atoms with Gasteiger partial charge in [0.25, 0.3) is 5.91 Å². The highest BCUT2D eigenvalue weighted by molar-refractivity contribution is 9.10. The Kier molecular flexibility index (Phi) is 6.67. The number of amides is 1. The van der Waals surface area contributed by atoms with Crippen molar-refractivity contribution in [1.82, 2.24) is 9.88 Å². The molecule has 0 unspecified atom stereocenters. The first-order valence-electron chi connectivity index (χ1n) is 8.89. The topological polar surface area (TPSA) is 54.5 Å². The van der Waals surface area contributed by atoms with Crippen LogP contribution in [0.1, 0.15) is 32.4 Å². The number of nitrogens with one attached hydrogen (secondary N) is 1. The van der Waals surface area contributed by atoms with E-state index in [0.717, 1.165) is 35.7 Å². The second-order valence-electron chi connectivity index (χ2n) is 6.83. The summed E-state index contributed by atoms with van der Waals surface area (Å²) >= 11 is 4.84. The molecule has 1 fully saturated rings.